The molecule has 0 aromatic heterocycles. The minimum Gasteiger partial charge on any atom is -0.493 e. The molecule has 106 valence electrons. The van der Waals surface area contributed by atoms with E-state index in [1.165, 1.54) is 11.1 Å². The van der Waals surface area contributed by atoms with Crippen LogP contribution in [-0.2, 0) is 22.3 Å². The van der Waals surface area contributed by atoms with Gasteiger partial charge in [-0.2, -0.15) is 0 Å². The Labute approximate surface area is 122 Å². The van der Waals surface area contributed by atoms with Crippen LogP contribution in [0.15, 0.2) is 16.6 Å². The van der Waals surface area contributed by atoms with E-state index >= 15 is 0 Å². The molecule has 0 saturated heterocycles. The summed E-state index contributed by atoms with van der Waals surface area (Å²) in [6.45, 7) is 0.765. The normalized spacial score (nSPS) is 15.4. The molecular formula is C14H20BrNO3. The van der Waals surface area contributed by atoms with Crippen LogP contribution in [0, 0.1) is 0 Å². The number of benzene rings is 1. The van der Waals surface area contributed by atoms with E-state index in [4.69, 9.17) is 14.2 Å². The van der Waals surface area contributed by atoms with Gasteiger partial charge in [0.05, 0.1) is 12.6 Å². The van der Waals surface area contributed by atoms with Crippen molar-refractivity contribution in [1.82, 2.24) is 5.32 Å². The predicted octanol–water partition coefficient (Wildman–Crippen LogP) is 2.13. The lowest BCUT2D eigenvalue weighted by atomic mass is 10.0. The molecule has 0 bridgehead atoms. The minimum atomic E-state index is -0.277. The number of rotatable bonds is 6. The van der Waals surface area contributed by atoms with Crippen LogP contribution < -0.4 is 10.1 Å². The molecule has 0 radical (unpaired) electrons. The molecule has 0 saturated carbocycles. The Hall–Kier alpha value is -0.620. The Kier molecular flexibility index (Phi) is 5.21. The van der Waals surface area contributed by atoms with Crippen LogP contribution in [0.3, 0.4) is 0 Å². The summed E-state index contributed by atoms with van der Waals surface area (Å²) in [7, 11) is 5.22. The maximum atomic E-state index is 5.75. The topological polar surface area (TPSA) is 39.7 Å². The molecule has 0 spiro atoms. The lowest BCUT2D eigenvalue weighted by Gasteiger charge is -2.25. The lowest BCUT2D eigenvalue weighted by molar-refractivity contribution is -0.121. The van der Waals surface area contributed by atoms with Gasteiger partial charge in [-0.1, -0.05) is 15.9 Å². The fourth-order valence-corrected chi connectivity index (χ4v) is 3.05. The number of ether oxygens (including phenoxy) is 3. The van der Waals surface area contributed by atoms with E-state index < -0.39 is 0 Å². The summed E-state index contributed by atoms with van der Waals surface area (Å²) in [6.07, 6.45) is 1.50. The van der Waals surface area contributed by atoms with Crippen LogP contribution in [0.4, 0.5) is 0 Å². The molecule has 0 fully saturated rings. The highest BCUT2D eigenvalue weighted by atomic mass is 79.9. The van der Waals surface area contributed by atoms with E-state index in [0.717, 1.165) is 29.7 Å². The van der Waals surface area contributed by atoms with Crippen LogP contribution in [0.5, 0.6) is 5.75 Å². The molecule has 5 heteroatoms. The van der Waals surface area contributed by atoms with Crippen molar-refractivity contribution in [3.05, 3.63) is 27.7 Å². The zero-order valence-electron chi connectivity index (χ0n) is 11.5. The molecule has 1 aliphatic heterocycles. The molecule has 1 heterocycles. The van der Waals surface area contributed by atoms with Gasteiger partial charge in [0.25, 0.3) is 0 Å². The number of likely N-dealkylation sites (N-methyl/N-ethyl adjacent to an activating group) is 1. The highest BCUT2D eigenvalue weighted by molar-refractivity contribution is 9.10. The number of hydrogen-bond acceptors (Lipinski definition) is 4. The minimum absolute atomic E-state index is 0.0811. The van der Waals surface area contributed by atoms with Crippen molar-refractivity contribution in [2.24, 2.45) is 0 Å². The second-order valence-corrected chi connectivity index (χ2v) is 5.51. The number of fused-ring (bicyclic) bond motifs is 1. The van der Waals surface area contributed by atoms with Crippen LogP contribution in [0.2, 0.25) is 0 Å². The standard InChI is InChI=1S/C14H20BrNO3/c1-16-12(14(17-2)18-3)8-10-7-11(15)6-9-4-5-19-13(9)10/h6-7,12,14,16H,4-5,8H2,1-3H3. The van der Waals surface area contributed by atoms with Crippen molar-refractivity contribution >= 4 is 15.9 Å². The van der Waals surface area contributed by atoms with Gasteiger partial charge in [-0.25, -0.2) is 0 Å². The van der Waals surface area contributed by atoms with E-state index in [1.807, 2.05) is 7.05 Å². The van der Waals surface area contributed by atoms with Crippen molar-refractivity contribution in [1.29, 1.82) is 0 Å². The molecule has 1 aliphatic rings. The molecule has 1 N–H and O–H groups in total. The van der Waals surface area contributed by atoms with Crippen molar-refractivity contribution in [3.8, 4) is 5.75 Å². The highest BCUT2D eigenvalue weighted by Gasteiger charge is 2.24. The molecule has 1 unspecified atom stereocenters. The molecule has 1 aromatic rings. The van der Waals surface area contributed by atoms with Gasteiger partial charge in [-0.05, 0) is 36.7 Å². The molecule has 0 amide bonds. The van der Waals surface area contributed by atoms with E-state index in [1.54, 1.807) is 14.2 Å². The average molecular weight is 330 g/mol. The second-order valence-electron chi connectivity index (χ2n) is 4.59. The summed E-state index contributed by atoms with van der Waals surface area (Å²) >= 11 is 3.56. The van der Waals surface area contributed by atoms with Gasteiger partial charge < -0.3 is 19.5 Å². The molecule has 4 nitrogen and oxygen atoms in total. The fraction of sp³-hybridized carbons (Fsp3) is 0.571. The first-order chi connectivity index (χ1) is 9.19. The summed E-state index contributed by atoms with van der Waals surface area (Å²) in [5.41, 5.74) is 2.45. The molecular weight excluding hydrogens is 310 g/mol. The monoisotopic (exact) mass is 329 g/mol. The van der Waals surface area contributed by atoms with E-state index in [9.17, 15) is 0 Å². The van der Waals surface area contributed by atoms with Crippen molar-refractivity contribution in [3.63, 3.8) is 0 Å². The number of methoxy groups -OCH3 is 2. The average Bonchev–Trinajstić information content (AvgIpc) is 2.86. The van der Waals surface area contributed by atoms with Crippen molar-refractivity contribution in [2.45, 2.75) is 25.2 Å². The largest absolute Gasteiger partial charge is 0.493 e. The third-order valence-electron chi connectivity index (χ3n) is 3.43. The van der Waals surface area contributed by atoms with Gasteiger partial charge in [0.1, 0.15) is 5.75 Å². The Balaban J connectivity index is 2.22. The van der Waals surface area contributed by atoms with Crippen LogP contribution in [-0.4, -0.2) is 40.2 Å². The van der Waals surface area contributed by atoms with E-state index in [2.05, 4.69) is 33.4 Å². The summed E-state index contributed by atoms with van der Waals surface area (Å²) in [5, 5.41) is 3.24. The highest BCUT2D eigenvalue weighted by Crippen LogP contribution is 2.34. The summed E-state index contributed by atoms with van der Waals surface area (Å²) in [4.78, 5) is 0. The Morgan fingerprint density at radius 3 is 2.74 bits per heavy atom. The van der Waals surface area contributed by atoms with Gasteiger partial charge in [-0.15, -0.1) is 0 Å². The maximum absolute atomic E-state index is 5.75. The third-order valence-corrected chi connectivity index (χ3v) is 3.89. The zero-order valence-corrected chi connectivity index (χ0v) is 13.1. The molecule has 19 heavy (non-hydrogen) atoms. The van der Waals surface area contributed by atoms with Crippen LogP contribution in [0.25, 0.3) is 0 Å². The molecule has 2 rings (SSSR count). The second kappa shape index (κ2) is 6.70. The van der Waals surface area contributed by atoms with Gasteiger partial charge in [0, 0.05) is 25.1 Å². The zero-order chi connectivity index (χ0) is 13.8. The van der Waals surface area contributed by atoms with E-state index in [0.29, 0.717) is 0 Å². The molecule has 1 atom stereocenters. The maximum Gasteiger partial charge on any atom is 0.172 e. The summed E-state index contributed by atoms with van der Waals surface area (Å²) < 4.78 is 17.5. The van der Waals surface area contributed by atoms with Gasteiger partial charge in [-0.3, -0.25) is 0 Å². The first-order valence-electron chi connectivity index (χ1n) is 6.36. The van der Waals surface area contributed by atoms with Gasteiger partial charge in [0.15, 0.2) is 6.29 Å². The van der Waals surface area contributed by atoms with Crippen LogP contribution in [0.1, 0.15) is 11.1 Å². The van der Waals surface area contributed by atoms with Crippen LogP contribution >= 0.6 is 15.9 Å². The Morgan fingerprint density at radius 1 is 1.37 bits per heavy atom. The Bertz CT molecular complexity index is 435. The predicted molar refractivity (Wildman–Crippen MR) is 77.7 cm³/mol. The molecule has 0 aliphatic carbocycles. The first kappa shape index (κ1) is 14.8. The smallest absolute Gasteiger partial charge is 0.172 e. The van der Waals surface area contributed by atoms with Gasteiger partial charge in [0.2, 0.25) is 0 Å². The number of halogens is 1. The van der Waals surface area contributed by atoms with Gasteiger partial charge >= 0.3 is 0 Å². The van der Waals surface area contributed by atoms with Crippen molar-refractivity contribution < 1.29 is 14.2 Å². The third kappa shape index (κ3) is 3.28. The quantitative estimate of drug-likeness (QED) is 0.812. The number of hydrogen-bond donors (Lipinski definition) is 1. The fourth-order valence-electron chi connectivity index (χ4n) is 2.49. The summed E-state index contributed by atoms with van der Waals surface area (Å²) in [6, 6.07) is 4.32. The molecule has 1 aromatic carbocycles. The first-order valence-corrected chi connectivity index (χ1v) is 7.15. The summed E-state index contributed by atoms with van der Waals surface area (Å²) in [5.74, 6) is 1.02. The SMILES string of the molecule is CNC(Cc1cc(Br)cc2c1OCC2)C(OC)OC. The van der Waals surface area contributed by atoms with Crippen molar-refractivity contribution in [2.75, 3.05) is 27.9 Å². The van der Waals surface area contributed by atoms with E-state index in [-0.39, 0.29) is 12.3 Å². The Morgan fingerprint density at radius 2 is 2.11 bits per heavy atom. The number of nitrogens with one attached hydrogen (secondary N) is 1. The lowest BCUT2D eigenvalue weighted by Crippen LogP contribution is -2.41.